The van der Waals surface area contributed by atoms with E-state index in [4.69, 9.17) is 11.6 Å². The van der Waals surface area contributed by atoms with Crippen molar-refractivity contribution in [2.45, 2.75) is 20.4 Å². The largest absolute Gasteiger partial charge is 0.328 e. The number of halogens is 1. The van der Waals surface area contributed by atoms with Crippen molar-refractivity contribution in [2.24, 2.45) is 0 Å². The maximum Gasteiger partial charge on any atom is 0.179 e. The SMILES string of the molecule is CCn1cncc1-c1nc(C)cc(Cl)n1. The average molecular weight is 223 g/mol. The molecule has 0 fully saturated rings. The first-order valence-corrected chi connectivity index (χ1v) is 5.10. The summed E-state index contributed by atoms with van der Waals surface area (Å²) in [6, 6.07) is 1.73. The molecule has 2 heterocycles. The van der Waals surface area contributed by atoms with Gasteiger partial charge in [0.15, 0.2) is 5.82 Å². The van der Waals surface area contributed by atoms with Gasteiger partial charge in [-0.15, -0.1) is 0 Å². The Labute approximate surface area is 93.0 Å². The van der Waals surface area contributed by atoms with Crippen LogP contribution in [0, 0.1) is 6.92 Å². The highest BCUT2D eigenvalue weighted by molar-refractivity contribution is 6.29. The van der Waals surface area contributed by atoms with E-state index in [-0.39, 0.29) is 0 Å². The maximum absolute atomic E-state index is 5.88. The van der Waals surface area contributed by atoms with Crippen LogP contribution in [0.5, 0.6) is 0 Å². The molecule has 0 atom stereocenters. The zero-order chi connectivity index (χ0) is 10.8. The van der Waals surface area contributed by atoms with E-state index >= 15 is 0 Å². The molecule has 5 heteroatoms. The number of aryl methyl sites for hydroxylation is 2. The second-order valence-electron chi connectivity index (χ2n) is 3.22. The van der Waals surface area contributed by atoms with Crippen molar-refractivity contribution in [2.75, 3.05) is 0 Å². The molecule has 0 bridgehead atoms. The van der Waals surface area contributed by atoms with Crippen LogP contribution in [-0.4, -0.2) is 19.5 Å². The monoisotopic (exact) mass is 222 g/mol. The Hall–Kier alpha value is -1.42. The topological polar surface area (TPSA) is 43.6 Å². The number of nitrogens with zero attached hydrogens (tertiary/aromatic N) is 4. The first-order valence-electron chi connectivity index (χ1n) is 4.72. The summed E-state index contributed by atoms with van der Waals surface area (Å²) in [5, 5.41) is 0.460. The first kappa shape index (κ1) is 10.1. The van der Waals surface area contributed by atoms with Gasteiger partial charge in [-0.3, -0.25) is 0 Å². The minimum Gasteiger partial charge on any atom is -0.328 e. The van der Waals surface area contributed by atoms with Gasteiger partial charge in [0.05, 0.1) is 12.5 Å². The molecule has 0 saturated carbocycles. The summed E-state index contributed by atoms with van der Waals surface area (Å²) >= 11 is 5.88. The summed E-state index contributed by atoms with van der Waals surface area (Å²) < 4.78 is 1.98. The lowest BCUT2D eigenvalue weighted by molar-refractivity contribution is 0.763. The van der Waals surface area contributed by atoms with Crippen molar-refractivity contribution in [3.63, 3.8) is 0 Å². The minimum absolute atomic E-state index is 0.460. The predicted molar refractivity (Wildman–Crippen MR) is 58.7 cm³/mol. The molecule has 2 aromatic heterocycles. The molecule has 0 aromatic carbocycles. The van der Waals surface area contributed by atoms with Gasteiger partial charge in [0.1, 0.15) is 10.8 Å². The number of hydrogen-bond donors (Lipinski definition) is 0. The van der Waals surface area contributed by atoms with Gasteiger partial charge in [0.2, 0.25) is 0 Å². The van der Waals surface area contributed by atoms with E-state index in [9.17, 15) is 0 Å². The maximum atomic E-state index is 5.88. The van der Waals surface area contributed by atoms with Gasteiger partial charge in [-0.05, 0) is 19.9 Å². The quantitative estimate of drug-likeness (QED) is 0.733. The van der Waals surface area contributed by atoms with Crippen molar-refractivity contribution in [3.8, 4) is 11.5 Å². The fraction of sp³-hybridized carbons (Fsp3) is 0.300. The van der Waals surface area contributed by atoms with E-state index in [0.717, 1.165) is 17.9 Å². The van der Waals surface area contributed by atoms with Gasteiger partial charge in [-0.1, -0.05) is 11.6 Å². The summed E-state index contributed by atoms with van der Waals surface area (Å²) in [6.07, 6.45) is 3.50. The van der Waals surface area contributed by atoms with Crippen LogP contribution in [0.3, 0.4) is 0 Å². The molecule has 0 N–H and O–H groups in total. The smallest absolute Gasteiger partial charge is 0.179 e. The molecule has 78 valence electrons. The Kier molecular flexibility index (Phi) is 2.68. The van der Waals surface area contributed by atoms with Crippen LogP contribution >= 0.6 is 11.6 Å². The summed E-state index contributed by atoms with van der Waals surface area (Å²) in [4.78, 5) is 12.6. The van der Waals surface area contributed by atoms with Crippen LogP contribution in [-0.2, 0) is 6.54 Å². The zero-order valence-corrected chi connectivity index (χ0v) is 9.36. The summed E-state index contributed by atoms with van der Waals surface area (Å²) in [5.41, 5.74) is 1.75. The van der Waals surface area contributed by atoms with Gasteiger partial charge in [-0.2, -0.15) is 0 Å². The van der Waals surface area contributed by atoms with Gasteiger partial charge >= 0.3 is 0 Å². The van der Waals surface area contributed by atoms with Crippen LogP contribution in [0.15, 0.2) is 18.6 Å². The van der Waals surface area contributed by atoms with Crippen molar-refractivity contribution in [3.05, 3.63) is 29.4 Å². The molecule has 2 aromatic rings. The predicted octanol–water partition coefficient (Wildman–Crippen LogP) is 2.32. The molecule has 2 rings (SSSR count). The van der Waals surface area contributed by atoms with Gasteiger partial charge < -0.3 is 4.57 Å². The third-order valence-electron chi connectivity index (χ3n) is 2.11. The fourth-order valence-corrected chi connectivity index (χ4v) is 1.64. The first-order chi connectivity index (χ1) is 7.20. The van der Waals surface area contributed by atoms with E-state index in [0.29, 0.717) is 11.0 Å². The van der Waals surface area contributed by atoms with E-state index in [1.54, 1.807) is 18.6 Å². The van der Waals surface area contributed by atoms with Crippen molar-refractivity contribution < 1.29 is 0 Å². The molecule has 0 saturated heterocycles. The van der Waals surface area contributed by atoms with Gasteiger partial charge in [0.25, 0.3) is 0 Å². The highest BCUT2D eigenvalue weighted by Gasteiger charge is 2.08. The van der Waals surface area contributed by atoms with Crippen LogP contribution in [0.25, 0.3) is 11.5 Å². The molecular weight excluding hydrogens is 212 g/mol. The van der Waals surface area contributed by atoms with E-state index in [2.05, 4.69) is 15.0 Å². The molecule has 4 nitrogen and oxygen atoms in total. The molecular formula is C10H11ClN4. The molecule has 0 unspecified atom stereocenters. The summed E-state index contributed by atoms with van der Waals surface area (Å²) in [7, 11) is 0. The summed E-state index contributed by atoms with van der Waals surface area (Å²) in [6.45, 7) is 4.77. The Morgan fingerprint density at radius 2 is 2.20 bits per heavy atom. The lowest BCUT2D eigenvalue weighted by Gasteiger charge is -2.04. The number of rotatable bonds is 2. The highest BCUT2D eigenvalue weighted by Crippen LogP contribution is 2.17. The molecule has 0 aliphatic heterocycles. The molecule has 0 spiro atoms. The van der Waals surface area contributed by atoms with Gasteiger partial charge in [-0.25, -0.2) is 15.0 Å². The van der Waals surface area contributed by atoms with Crippen LogP contribution in [0.1, 0.15) is 12.6 Å². The molecule has 0 radical (unpaired) electrons. The Bertz CT molecular complexity index is 458. The minimum atomic E-state index is 0.460. The Morgan fingerprint density at radius 1 is 1.40 bits per heavy atom. The number of aromatic nitrogens is 4. The van der Waals surface area contributed by atoms with E-state index in [1.165, 1.54) is 0 Å². The van der Waals surface area contributed by atoms with Crippen LogP contribution in [0.4, 0.5) is 0 Å². The van der Waals surface area contributed by atoms with E-state index < -0.39 is 0 Å². The molecule has 0 amide bonds. The number of imidazole rings is 1. The molecule has 0 aliphatic rings. The van der Waals surface area contributed by atoms with Gasteiger partial charge in [0, 0.05) is 12.2 Å². The van der Waals surface area contributed by atoms with Crippen LogP contribution in [0.2, 0.25) is 5.15 Å². The molecule has 15 heavy (non-hydrogen) atoms. The third kappa shape index (κ3) is 1.99. The third-order valence-corrected chi connectivity index (χ3v) is 2.30. The average Bonchev–Trinajstić information content (AvgIpc) is 2.63. The standard InChI is InChI=1S/C10H11ClN4/c1-3-15-6-12-5-8(15)10-13-7(2)4-9(11)14-10/h4-6H,3H2,1-2H3. The Balaban J connectivity index is 2.53. The summed E-state index contributed by atoms with van der Waals surface area (Å²) in [5.74, 6) is 0.624. The molecule has 0 aliphatic carbocycles. The highest BCUT2D eigenvalue weighted by atomic mass is 35.5. The zero-order valence-electron chi connectivity index (χ0n) is 8.61. The van der Waals surface area contributed by atoms with E-state index in [1.807, 2.05) is 18.4 Å². The number of hydrogen-bond acceptors (Lipinski definition) is 3. The van der Waals surface area contributed by atoms with Crippen molar-refractivity contribution in [1.29, 1.82) is 0 Å². The second-order valence-corrected chi connectivity index (χ2v) is 3.61. The lowest BCUT2D eigenvalue weighted by atomic mass is 10.4. The fourth-order valence-electron chi connectivity index (χ4n) is 1.40. The van der Waals surface area contributed by atoms with Crippen molar-refractivity contribution in [1.82, 2.24) is 19.5 Å². The Morgan fingerprint density at radius 3 is 2.87 bits per heavy atom. The van der Waals surface area contributed by atoms with Crippen molar-refractivity contribution >= 4 is 11.6 Å². The lowest BCUT2D eigenvalue weighted by Crippen LogP contribution is -1.99. The normalized spacial score (nSPS) is 10.6. The van der Waals surface area contributed by atoms with Crippen LogP contribution < -0.4 is 0 Å². The second kappa shape index (κ2) is 3.98.